The number of para-hydroxylation sites is 2. The van der Waals surface area contributed by atoms with Crippen LogP contribution in [-0.2, 0) is 5.41 Å². The molecule has 0 atom stereocenters. The van der Waals surface area contributed by atoms with Gasteiger partial charge in [0.2, 0.25) is 0 Å². The molecule has 8 aromatic carbocycles. The van der Waals surface area contributed by atoms with Crippen molar-refractivity contribution < 1.29 is 4.74 Å². The number of nitrogens with zero attached hydrogens (tertiary/aromatic N) is 3. The Balaban J connectivity index is 1.21. The van der Waals surface area contributed by atoms with Crippen LogP contribution in [0.2, 0.25) is 0 Å². The van der Waals surface area contributed by atoms with E-state index in [4.69, 9.17) is 14.7 Å². The zero-order valence-corrected chi connectivity index (χ0v) is 30.1. The Labute approximate surface area is 324 Å². The lowest BCUT2D eigenvalue weighted by Gasteiger charge is -2.39. The molecule has 0 saturated heterocycles. The summed E-state index contributed by atoms with van der Waals surface area (Å²) in [5.74, 6) is 2.32. The molecule has 0 unspecified atom stereocenters. The van der Waals surface area contributed by atoms with E-state index >= 15 is 0 Å². The van der Waals surface area contributed by atoms with Crippen molar-refractivity contribution in [2.45, 2.75) is 5.41 Å². The van der Waals surface area contributed by atoms with Gasteiger partial charge in [-0.1, -0.05) is 152 Å². The van der Waals surface area contributed by atoms with Crippen molar-refractivity contribution in [2.75, 3.05) is 0 Å². The Morgan fingerprint density at radius 2 is 1.07 bits per heavy atom. The molecule has 0 radical (unpaired) electrons. The molecule has 2 aliphatic rings. The van der Waals surface area contributed by atoms with Crippen LogP contribution in [-0.4, -0.2) is 9.97 Å². The summed E-state index contributed by atoms with van der Waals surface area (Å²) in [7, 11) is 0. The van der Waals surface area contributed by atoms with Crippen LogP contribution in [0.25, 0.3) is 66.9 Å². The van der Waals surface area contributed by atoms with E-state index in [0.717, 1.165) is 78.3 Å². The van der Waals surface area contributed by atoms with Crippen LogP contribution in [0.4, 0.5) is 0 Å². The molecule has 1 aliphatic carbocycles. The number of hydrogen-bond acceptors (Lipinski definition) is 4. The fourth-order valence-corrected chi connectivity index (χ4v) is 8.97. The molecular formula is C52H31N3O. The van der Waals surface area contributed by atoms with Gasteiger partial charge < -0.3 is 4.74 Å². The SMILES string of the molecule is N#Cc1ccc(-c2cccc3c2-c2ccc(-c4nc(-c5ccccc5)cc(-c5cccc6ccccc56)n4)cc2C32c3ccccc3Oc3ccccc32)cc1. The number of hydrogen-bond donors (Lipinski definition) is 0. The number of ether oxygens (including phenoxy) is 1. The van der Waals surface area contributed by atoms with E-state index in [1.54, 1.807) is 0 Å². The van der Waals surface area contributed by atoms with Crippen LogP contribution >= 0.6 is 0 Å². The van der Waals surface area contributed by atoms with Crippen molar-refractivity contribution in [1.82, 2.24) is 9.97 Å². The van der Waals surface area contributed by atoms with Gasteiger partial charge >= 0.3 is 0 Å². The maximum Gasteiger partial charge on any atom is 0.160 e. The predicted octanol–water partition coefficient (Wildman–Crippen LogP) is 12.6. The Kier molecular flexibility index (Phi) is 7.10. The van der Waals surface area contributed by atoms with E-state index in [1.165, 1.54) is 16.5 Å². The molecular weight excluding hydrogens is 683 g/mol. The molecule has 2 heterocycles. The fraction of sp³-hybridized carbons (Fsp3) is 0.0192. The standard InChI is InChI=1S/C52H31N3O/c53-32-33-24-26-35(27-25-33)39-17-11-21-44-50(39)41-29-28-37(30-45(41)52(44)42-19-6-8-22-48(42)56-49-23-9-7-20-43(49)52)51-54-46(36-13-2-1-3-14-36)31-47(55-51)40-18-10-15-34-12-4-5-16-38(34)40/h1-31H. The molecule has 4 heteroatoms. The Morgan fingerprint density at radius 3 is 1.86 bits per heavy atom. The van der Waals surface area contributed by atoms with Gasteiger partial charge in [-0.2, -0.15) is 5.26 Å². The van der Waals surface area contributed by atoms with E-state index in [2.05, 4.69) is 164 Å². The quantitative estimate of drug-likeness (QED) is 0.182. The largest absolute Gasteiger partial charge is 0.457 e. The molecule has 1 aromatic heterocycles. The summed E-state index contributed by atoms with van der Waals surface area (Å²) in [5.41, 5.74) is 13.7. The van der Waals surface area contributed by atoms with E-state index < -0.39 is 5.41 Å². The van der Waals surface area contributed by atoms with Crippen LogP contribution in [0.5, 0.6) is 11.5 Å². The molecule has 11 rings (SSSR count). The van der Waals surface area contributed by atoms with Crippen molar-refractivity contribution in [2.24, 2.45) is 0 Å². The smallest absolute Gasteiger partial charge is 0.160 e. The van der Waals surface area contributed by atoms with Crippen LogP contribution in [0.3, 0.4) is 0 Å². The first-order chi connectivity index (χ1) is 27.7. The highest BCUT2D eigenvalue weighted by atomic mass is 16.5. The predicted molar refractivity (Wildman–Crippen MR) is 223 cm³/mol. The summed E-state index contributed by atoms with van der Waals surface area (Å²) in [6, 6.07) is 67.7. The maximum atomic E-state index is 9.59. The summed E-state index contributed by atoms with van der Waals surface area (Å²) in [4.78, 5) is 10.7. The van der Waals surface area contributed by atoms with Gasteiger partial charge in [0.1, 0.15) is 11.5 Å². The fourth-order valence-electron chi connectivity index (χ4n) is 8.97. The van der Waals surface area contributed by atoms with Crippen molar-refractivity contribution in [3.63, 3.8) is 0 Å². The van der Waals surface area contributed by atoms with Crippen LogP contribution in [0, 0.1) is 11.3 Å². The molecule has 0 saturated carbocycles. The van der Waals surface area contributed by atoms with Crippen molar-refractivity contribution in [1.29, 1.82) is 5.26 Å². The molecule has 4 nitrogen and oxygen atoms in total. The molecule has 1 aliphatic heterocycles. The maximum absolute atomic E-state index is 9.59. The first-order valence-electron chi connectivity index (χ1n) is 18.8. The zero-order valence-electron chi connectivity index (χ0n) is 30.1. The molecule has 260 valence electrons. The normalized spacial score (nSPS) is 12.9. The van der Waals surface area contributed by atoms with Crippen LogP contribution in [0.15, 0.2) is 188 Å². The topological polar surface area (TPSA) is 58.8 Å². The molecule has 56 heavy (non-hydrogen) atoms. The summed E-state index contributed by atoms with van der Waals surface area (Å²) in [6.45, 7) is 0. The van der Waals surface area contributed by atoms with E-state index in [0.29, 0.717) is 11.4 Å². The van der Waals surface area contributed by atoms with Crippen molar-refractivity contribution in [3.05, 3.63) is 216 Å². The third kappa shape index (κ3) is 4.71. The first kappa shape index (κ1) is 31.9. The average Bonchev–Trinajstić information content (AvgIpc) is 3.56. The lowest BCUT2D eigenvalue weighted by molar-refractivity contribution is 0.436. The van der Waals surface area contributed by atoms with E-state index in [-0.39, 0.29) is 0 Å². The van der Waals surface area contributed by atoms with Crippen molar-refractivity contribution in [3.8, 4) is 73.7 Å². The second kappa shape index (κ2) is 12.5. The summed E-state index contributed by atoms with van der Waals surface area (Å²) in [6.07, 6.45) is 0. The highest BCUT2D eigenvalue weighted by Gasteiger charge is 2.51. The van der Waals surface area contributed by atoms with Gasteiger partial charge in [-0.15, -0.1) is 0 Å². The summed E-state index contributed by atoms with van der Waals surface area (Å²) >= 11 is 0. The minimum Gasteiger partial charge on any atom is -0.457 e. The van der Waals surface area contributed by atoms with E-state index in [1.807, 2.05) is 30.3 Å². The third-order valence-corrected chi connectivity index (χ3v) is 11.4. The second-order valence-electron chi connectivity index (χ2n) is 14.4. The Hall–Kier alpha value is -7.61. The molecule has 1 spiro atoms. The number of fused-ring (bicyclic) bond motifs is 10. The number of nitriles is 1. The monoisotopic (exact) mass is 713 g/mol. The molecule has 0 N–H and O–H groups in total. The van der Waals surface area contributed by atoms with Crippen molar-refractivity contribution >= 4 is 10.8 Å². The lowest BCUT2D eigenvalue weighted by atomic mass is 9.66. The number of benzene rings is 8. The minimum absolute atomic E-state index is 0.635. The van der Waals surface area contributed by atoms with Gasteiger partial charge in [0.25, 0.3) is 0 Å². The van der Waals surface area contributed by atoms with Crippen LogP contribution < -0.4 is 4.74 Å². The number of rotatable bonds is 4. The average molecular weight is 714 g/mol. The molecule has 0 amide bonds. The minimum atomic E-state index is -0.690. The van der Waals surface area contributed by atoms with Gasteiger partial charge in [0, 0.05) is 27.8 Å². The lowest BCUT2D eigenvalue weighted by Crippen LogP contribution is -2.32. The summed E-state index contributed by atoms with van der Waals surface area (Å²) in [5, 5.41) is 11.9. The third-order valence-electron chi connectivity index (χ3n) is 11.4. The number of aromatic nitrogens is 2. The first-order valence-corrected chi connectivity index (χ1v) is 18.8. The van der Waals surface area contributed by atoms with Crippen LogP contribution in [0.1, 0.15) is 27.8 Å². The van der Waals surface area contributed by atoms with Gasteiger partial charge in [-0.3, -0.25) is 0 Å². The second-order valence-corrected chi connectivity index (χ2v) is 14.4. The zero-order chi connectivity index (χ0) is 37.2. The molecule has 9 aromatic rings. The van der Waals surface area contributed by atoms with Gasteiger partial charge in [0.05, 0.1) is 28.4 Å². The van der Waals surface area contributed by atoms with E-state index in [9.17, 15) is 5.26 Å². The van der Waals surface area contributed by atoms with Gasteiger partial charge in [0.15, 0.2) is 5.82 Å². The Morgan fingerprint density at radius 1 is 0.446 bits per heavy atom. The highest BCUT2D eigenvalue weighted by molar-refractivity contribution is 5.98. The molecule has 0 bridgehead atoms. The highest BCUT2D eigenvalue weighted by Crippen LogP contribution is 2.63. The summed E-state index contributed by atoms with van der Waals surface area (Å²) < 4.78 is 6.66. The van der Waals surface area contributed by atoms with Gasteiger partial charge in [-0.25, -0.2) is 9.97 Å². The van der Waals surface area contributed by atoms with Gasteiger partial charge in [-0.05, 0) is 80.6 Å². The Bertz CT molecular complexity index is 3020. The molecule has 0 fully saturated rings.